The van der Waals surface area contributed by atoms with E-state index in [0.717, 1.165) is 12.3 Å². The molecule has 0 aliphatic heterocycles. The molecule has 0 atom stereocenters. The molecule has 2 rings (SSSR count). The first-order valence-corrected chi connectivity index (χ1v) is 5.95. The minimum absolute atomic E-state index is 0.0399. The molecule has 0 aromatic carbocycles. The molecule has 1 N–H and O–H groups in total. The quantitative estimate of drug-likeness (QED) is 0.879. The van der Waals surface area contributed by atoms with Gasteiger partial charge in [-0.25, -0.2) is 23.7 Å². The van der Waals surface area contributed by atoms with Crippen LogP contribution in [-0.4, -0.2) is 21.0 Å². The van der Waals surface area contributed by atoms with E-state index in [1.807, 2.05) is 13.8 Å². The van der Waals surface area contributed by atoms with Crippen molar-refractivity contribution in [1.29, 1.82) is 0 Å². The third-order valence-corrected chi connectivity index (χ3v) is 2.44. The number of nitrogens with one attached hydrogen (secondary N) is 1. The summed E-state index contributed by atoms with van der Waals surface area (Å²) in [6, 6.07) is 1.19. The highest BCUT2D eigenvalue weighted by Crippen LogP contribution is 2.23. The van der Waals surface area contributed by atoms with E-state index in [-0.39, 0.29) is 28.4 Å². The van der Waals surface area contributed by atoms with Crippen LogP contribution < -0.4 is 5.32 Å². The molecule has 2 aromatic rings. The summed E-state index contributed by atoms with van der Waals surface area (Å²) >= 11 is 5.59. The van der Waals surface area contributed by atoms with Gasteiger partial charge in [0.15, 0.2) is 17.5 Å². The second-order valence-corrected chi connectivity index (χ2v) is 4.53. The number of halogens is 3. The average Bonchev–Trinajstić information content (AvgIpc) is 2.34. The normalized spacial score (nSPS) is 10.8. The number of aromatic nitrogens is 3. The fourth-order valence-corrected chi connectivity index (χ4v) is 1.63. The molecule has 0 fully saturated rings. The van der Waals surface area contributed by atoms with E-state index in [4.69, 9.17) is 11.6 Å². The molecule has 0 amide bonds. The summed E-state index contributed by atoms with van der Waals surface area (Å²) in [7, 11) is 0. The minimum atomic E-state index is -0.685. The largest absolute Gasteiger partial charge is 0.365 e. The van der Waals surface area contributed by atoms with Crippen LogP contribution >= 0.6 is 11.6 Å². The Morgan fingerprint density at radius 2 is 1.89 bits per heavy atom. The molecule has 4 nitrogen and oxygen atoms in total. The fraction of sp³-hybridized carbons (Fsp3) is 0.250. The highest BCUT2D eigenvalue weighted by molar-refractivity contribution is 6.28. The van der Waals surface area contributed by atoms with Gasteiger partial charge in [-0.15, -0.1) is 0 Å². The molecule has 0 saturated carbocycles. The van der Waals surface area contributed by atoms with Crippen molar-refractivity contribution in [1.82, 2.24) is 15.0 Å². The summed E-state index contributed by atoms with van der Waals surface area (Å²) in [5.74, 6) is -1.16. The van der Waals surface area contributed by atoms with Crippen molar-refractivity contribution in [2.24, 2.45) is 0 Å². The van der Waals surface area contributed by atoms with E-state index >= 15 is 0 Å². The zero-order valence-electron chi connectivity index (χ0n) is 10.3. The smallest absolute Gasteiger partial charge is 0.223 e. The van der Waals surface area contributed by atoms with Gasteiger partial charge in [0.25, 0.3) is 0 Å². The average molecular weight is 285 g/mol. The Kier molecular flexibility index (Phi) is 3.90. The van der Waals surface area contributed by atoms with Crippen LogP contribution in [0.1, 0.15) is 13.8 Å². The molecule has 7 heteroatoms. The van der Waals surface area contributed by atoms with Gasteiger partial charge in [-0.05, 0) is 31.5 Å². The van der Waals surface area contributed by atoms with Gasteiger partial charge in [-0.3, -0.25) is 0 Å². The lowest BCUT2D eigenvalue weighted by atomic mass is 10.2. The molecule has 0 aliphatic carbocycles. The number of rotatable bonds is 3. The maximum Gasteiger partial charge on any atom is 0.223 e. The Balaban J connectivity index is 2.41. The number of hydrogen-bond donors (Lipinski definition) is 1. The Bertz CT molecular complexity index is 604. The highest BCUT2D eigenvalue weighted by atomic mass is 35.5. The van der Waals surface area contributed by atoms with Gasteiger partial charge in [0.1, 0.15) is 5.69 Å². The molecule has 0 bridgehead atoms. The molecular formula is C12H11ClF2N4. The van der Waals surface area contributed by atoms with E-state index in [1.165, 1.54) is 6.20 Å². The minimum Gasteiger partial charge on any atom is -0.365 e. The molecule has 2 heterocycles. The second kappa shape index (κ2) is 5.44. The second-order valence-electron chi connectivity index (χ2n) is 4.19. The lowest BCUT2D eigenvalue weighted by Gasteiger charge is -2.10. The number of hydrogen-bond acceptors (Lipinski definition) is 4. The van der Waals surface area contributed by atoms with Gasteiger partial charge >= 0.3 is 0 Å². The molecule has 0 unspecified atom stereocenters. The van der Waals surface area contributed by atoms with Gasteiger partial charge in [-0.1, -0.05) is 0 Å². The van der Waals surface area contributed by atoms with Crippen LogP contribution in [0.15, 0.2) is 18.5 Å². The van der Waals surface area contributed by atoms with E-state index in [2.05, 4.69) is 20.3 Å². The fourth-order valence-electron chi connectivity index (χ4n) is 1.50. The third-order valence-electron chi connectivity index (χ3n) is 2.25. The molecule has 0 saturated heterocycles. The molecule has 100 valence electrons. The summed E-state index contributed by atoms with van der Waals surface area (Å²) in [4.78, 5) is 11.1. The lowest BCUT2D eigenvalue weighted by molar-refractivity contribution is 0.613. The Hall–Kier alpha value is -1.82. The van der Waals surface area contributed by atoms with Gasteiger partial charge < -0.3 is 5.32 Å². The molecule has 0 radical (unpaired) electrons. The van der Waals surface area contributed by atoms with Crippen LogP contribution in [-0.2, 0) is 0 Å². The monoisotopic (exact) mass is 284 g/mol. The van der Waals surface area contributed by atoms with Crippen molar-refractivity contribution in [2.75, 3.05) is 5.32 Å². The van der Waals surface area contributed by atoms with Gasteiger partial charge in [0.2, 0.25) is 5.28 Å². The molecular weight excluding hydrogens is 274 g/mol. The van der Waals surface area contributed by atoms with Crippen molar-refractivity contribution in [3.63, 3.8) is 0 Å². The zero-order valence-corrected chi connectivity index (χ0v) is 11.0. The molecule has 0 spiro atoms. The van der Waals surface area contributed by atoms with E-state index in [1.54, 1.807) is 0 Å². The first-order chi connectivity index (χ1) is 8.97. The summed E-state index contributed by atoms with van der Waals surface area (Å²) in [6.45, 7) is 3.72. The van der Waals surface area contributed by atoms with Crippen molar-refractivity contribution in [2.45, 2.75) is 19.9 Å². The van der Waals surface area contributed by atoms with Crippen molar-refractivity contribution in [3.8, 4) is 11.3 Å². The first kappa shape index (κ1) is 13.6. The van der Waals surface area contributed by atoms with Crippen LogP contribution in [0.3, 0.4) is 0 Å². The van der Waals surface area contributed by atoms with Crippen LogP contribution in [0.4, 0.5) is 14.6 Å². The first-order valence-electron chi connectivity index (χ1n) is 5.58. The summed E-state index contributed by atoms with van der Waals surface area (Å²) < 4.78 is 27.4. The van der Waals surface area contributed by atoms with Gasteiger partial charge in [0, 0.05) is 17.8 Å². The van der Waals surface area contributed by atoms with Crippen LogP contribution in [0.5, 0.6) is 0 Å². The van der Waals surface area contributed by atoms with Gasteiger partial charge in [-0.2, -0.15) is 0 Å². The molecule has 0 aliphatic rings. The standard InChI is InChI=1S/C12H11ClF2N4/c1-6(2)18-11-8(14)3-7(4-16-11)10-9(15)5-17-12(13)19-10/h3-6H,1-2H3,(H,16,18). The topological polar surface area (TPSA) is 50.7 Å². The molecule has 2 aromatic heterocycles. The van der Waals surface area contributed by atoms with E-state index in [9.17, 15) is 8.78 Å². The van der Waals surface area contributed by atoms with Crippen molar-refractivity contribution in [3.05, 3.63) is 35.4 Å². The number of anilines is 1. The third kappa shape index (κ3) is 3.14. The summed E-state index contributed by atoms with van der Waals surface area (Å²) in [6.07, 6.45) is 2.26. The zero-order chi connectivity index (χ0) is 14.0. The number of nitrogens with zero attached hydrogens (tertiary/aromatic N) is 3. The Morgan fingerprint density at radius 3 is 2.53 bits per heavy atom. The number of pyridine rings is 1. The van der Waals surface area contributed by atoms with Crippen molar-refractivity contribution >= 4 is 17.4 Å². The van der Waals surface area contributed by atoms with Crippen LogP contribution in [0, 0.1) is 11.6 Å². The van der Waals surface area contributed by atoms with Crippen LogP contribution in [0.25, 0.3) is 11.3 Å². The predicted molar refractivity (Wildman–Crippen MR) is 68.9 cm³/mol. The van der Waals surface area contributed by atoms with Crippen LogP contribution in [0.2, 0.25) is 5.28 Å². The highest BCUT2D eigenvalue weighted by Gasteiger charge is 2.13. The Morgan fingerprint density at radius 1 is 1.16 bits per heavy atom. The summed E-state index contributed by atoms with van der Waals surface area (Å²) in [5, 5.41) is 2.73. The maximum absolute atomic E-state index is 13.8. The Labute approximate surface area is 113 Å². The van der Waals surface area contributed by atoms with E-state index in [0.29, 0.717) is 0 Å². The van der Waals surface area contributed by atoms with Crippen molar-refractivity contribution < 1.29 is 8.78 Å². The lowest BCUT2D eigenvalue weighted by Crippen LogP contribution is -2.12. The predicted octanol–water partition coefficient (Wildman–Crippen LogP) is 3.29. The molecule has 19 heavy (non-hydrogen) atoms. The SMILES string of the molecule is CC(C)Nc1ncc(-c2nc(Cl)ncc2F)cc1F. The van der Waals surface area contributed by atoms with Gasteiger partial charge in [0.05, 0.1) is 6.20 Å². The van der Waals surface area contributed by atoms with E-state index < -0.39 is 11.6 Å². The summed E-state index contributed by atoms with van der Waals surface area (Å²) in [5.41, 5.74) is 0.121. The maximum atomic E-state index is 13.8.